The molecule has 8 nitrogen and oxygen atoms in total. The van der Waals surface area contributed by atoms with Crippen molar-refractivity contribution in [1.29, 1.82) is 0 Å². The summed E-state index contributed by atoms with van der Waals surface area (Å²) in [6.07, 6.45) is 1.41. The number of pyridine rings is 1. The van der Waals surface area contributed by atoms with E-state index in [2.05, 4.69) is 20.8 Å². The van der Waals surface area contributed by atoms with Crippen molar-refractivity contribution in [2.24, 2.45) is 5.10 Å². The van der Waals surface area contributed by atoms with E-state index in [-0.39, 0.29) is 22.2 Å². The van der Waals surface area contributed by atoms with Gasteiger partial charge in [-0.2, -0.15) is 5.10 Å². The van der Waals surface area contributed by atoms with Crippen LogP contribution in [0.25, 0.3) is 10.9 Å². The Hall–Kier alpha value is -4.43. The van der Waals surface area contributed by atoms with Crippen LogP contribution in [0.15, 0.2) is 77.9 Å². The largest absolute Gasteiger partial charge is 0.506 e. The summed E-state index contributed by atoms with van der Waals surface area (Å²) in [5, 5.41) is 17.2. The Morgan fingerprint density at radius 1 is 1.03 bits per heavy atom. The molecule has 9 heteroatoms. The number of hydrazone groups is 1. The van der Waals surface area contributed by atoms with Gasteiger partial charge in [0.2, 0.25) is 0 Å². The molecule has 4 aromatic rings. The van der Waals surface area contributed by atoms with Crippen LogP contribution in [0.1, 0.15) is 26.4 Å². The Bertz CT molecular complexity index is 1420. The summed E-state index contributed by atoms with van der Waals surface area (Å²) in [6.45, 7) is 0. The maximum atomic E-state index is 12.7. The standard InChI is InChI=1S/C25H19ClN4O4/c1-34-23-13-18(28-25(33)21-10-7-15-4-2-3-5-20(15)29-21)9-6-17(23)14-27-30-24(32)16-8-11-22(31)19(26)12-16/h2-14,31H,1H3,(H,28,33)(H,30,32). The number of fused-ring (bicyclic) bond motifs is 1. The van der Waals surface area contributed by atoms with E-state index in [9.17, 15) is 14.7 Å². The number of methoxy groups -OCH3 is 1. The Morgan fingerprint density at radius 2 is 1.85 bits per heavy atom. The number of benzene rings is 3. The van der Waals surface area contributed by atoms with Gasteiger partial charge in [0, 0.05) is 28.3 Å². The Kier molecular flexibility index (Phi) is 6.70. The summed E-state index contributed by atoms with van der Waals surface area (Å²) in [5.74, 6) is -0.525. The second-order valence-electron chi connectivity index (χ2n) is 7.17. The lowest BCUT2D eigenvalue weighted by Gasteiger charge is -2.10. The number of halogens is 1. The average molecular weight is 475 g/mol. The number of ether oxygens (including phenoxy) is 1. The predicted octanol–water partition coefficient (Wildman–Crippen LogP) is 4.62. The molecule has 0 fully saturated rings. The van der Waals surface area contributed by atoms with Gasteiger partial charge in [-0.05, 0) is 42.5 Å². The molecular formula is C25H19ClN4O4. The number of nitrogens with zero attached hydrogens (tertiary/aromatic N) is 2. The molecule has 0 aliphatic rings. The molecule has 0 saturated heterocycles. The fourth-order valence-corrected chi connectivity index (χ4v) is 3.34. The lowest BCUT2D eigenvalue weighted by Crippen LogP contribution is -2.17. The van der Waals surface area contributed by atoms with Crippen LogP contribution in [0.4, 0.5) is 5.69 Å². The number of phenols is 1. The first-order valence-corrected chi connectivity index (χ1v) is 10.5. The Morgan fingerprint density at radius 3 is 2.65 bits per heavy atom. The summed E-state index contributed by atoms with van der Waals surface area (Å²) in [6, 6.07) is 20.2. The van der Waals surface area contributed by atoms with Crippen molar-refractivity contribution in [3.05, 3.63) is 94.6 Å². The summed E-state index contributed by atoms with van der Waals surface area (Å²) in [5.41, 5.74) is 4.74. The molecule has 34 heavy (non-hydrogen) atoms. The van der Waals surface area contributed by atoms with Crippen molar-refractivity contribution in [1.82, 2.24) is 10.4 Å². The Labute approximate surface area is 199 Å². The van der Waals surface area contributed by atoms with E-state index < -0.39 is 5.91 Å². The first-order chi connectivity index (χ1) is 16.4. The molecule has 0 saturated carbocycles. The second kappa shape index (κ2) is 10.0. The molecule has 3 N–H and O–H groups in total. The van der Waals surface area contributed by atoms with E-state index in [0.29, 0.717) is 22.7 Å². The zero-order chi connectivity index (χ0) is 24.1. The van der Waals surface area contributed by atoms with Crippen LogP contribution in [-0.4, -0.2) is 35.2 Å². The van der Waals surface area contributed by atoms with Crippen LogP contribution in [0.5, 0.6) is 11.5 Å². The lowest BCUT2D eigenvalue weighted by atomic mass is 10.1. The molecule has 0 spiro atoms. The molecule has 0 unspecified atom stereocenters. The molecular weight excluding hydrogens is 456 g/mol. The second-order valence-corrected chi connectivity index (χ2v) is 7.57. The quantitative estimate of drug-likeness (QED) is 0.279. The SMILES string of the molecule is COc1cc(NC(=O)c2ccc3ccccc3n2)ccc1C=NNC(=O)c1ccc(O)c(Cl)c1. The molecule has 0 aliphatic carbocycles. The van der Waals surface area contributed by atoms with Gasteiger partial charge in [0.25, 0.3) is 11.8 Å². The molecule has 0 bridgehead atoms. The van der Waals surface area contributed by atoms with E-state index in [1.54, 1.807) is 24.3 Å². The van der Waals surface area contributed by atoms with E-state index in [1.165, 1.54) is 31.5 Å². The van der Waals surface area contributed by atoms with Crippen molar-refractivity contribution in [2.45, 2.75) is 0 Å². The zero-order valence-electron chi connectivity index (χ0n) is 17.9. The third kappa shape index (κ3) is 5.13. The molecule has 170 valence electrons. The number of anilines is 1. The third-order valence-corrected chi connectivity index (χ3v) is 5.20. The number of aromatic nitrogens is 1. The van der Waals surface area contributed by atoms with Gasteiger partial charge in [-0.1, -0.05) is 35.9 Å². The number of nitrogens with one attached hydrogen (secondary N) is 2. The minimum Gasteiger partial charge on any atom is -0.506 e. The number of carbonyl (C=O) groups is 2. The van der Waals surface area contributed by atoms with E-state index in [1.807, 2.05) is 30.3 Å². The highest BCUT2D eigenvalue weighted by molar-refractivity contribution is 6.32. The van der Waals surface area contributed by atoms with Gasteiger partial charge in [0.1, 0.15) is 17.2 Å². The molecule has 3 aromatic carbocycles. The smallest absolute Gasteiger partial charge is 0.274 e. The summed E-state index contributed by atoms with van der Waals surface area (Å²) in [7, 11) is 1.49. The predicted molar refractivity (Wildman–Crippen MR) is 131 cm³/mol. The van der Waals surface area contributed by atoms with Gasteiger partial charge >= 0.3 is 0 Å². The average Bonchev–Trinajstić information content (AvgIpc) is 2.85. The number of amides is 2. The molecule has 0 aliphatic heterocycles. The highest BCUT2D eigenvalue weighted by atomic mass is 35.5. The normalized spacial score (nSPS) is 10.9. The zero-order valence-corrected chi connectivity index (χ0v) is 18.7. The van der Waals surface area contributed by atoms with E-state index >= 15 is 0 Å². The van der Waals surface area contributed by atoms with Crippen LogP contribution in [0.2, 0.25) is 5.02 Å². The third-order valence-electron chi connectivity index (χ3n) is 4.90. The topological polar surface area (TPSA) is 113 Å². The van der Waals surface area contributed by atoms with Crippen LogP contribution in [0.3, 0.4) is 0 Å². The molecule has 0 radical (unpaired) electrons. The lowest BCUT2D eigenvalue weighted by molar-refractivity contribution is 0.0954. The van der Waals surface area contributed by atoms with Gasteiger partial charge in [0.15, 0.2) is 0 Å². The Balaban J connectivity index is 1.44. The van der Waals surface area contributed by atoms with Crippen LogP contribution in [-0.2, 0) is 0 Å². The van der Waals surface area contributed by atoms with Crippen LogP contribution >= 0.6 is 11.6 Å². The summed E-state index contributed by atoms with van der Waals surface area (Å²) in [4.78, 5) is 29.2. The highest BCUT2D eigenvalue weighted by Crippen LogP contribution is 2.24. The number of hydrogen-bond acceptors (Lipinski definition) is 6. The minimum atomic E-state index is -0.496. The first kappa shape index (κ1) is 22.8. The van der Waals surface area contributed by atoms with Gasteiger partial charge in [-0.15, -0.1) is 0 Å². The molecule has 2 amide bonds. The molecule has 4 rings (SSSR count). The fourth-order valence-electron chi connectivity index (χ4n) is 3.16. The van der Waals surface area contributed by atoms with Gasteiger partial charge < -0.3 is 15.2 Å². The van der Waals surface area contributed by atoms with Gasteiger partial charge in [-0.25, -0.2) is 10.4 Å². The number of aromatic hydroxyl groups is 1. The molecule has 1 aromatic heterocycles. The maximum absolute atomic E-state index is 12.7. The van der Waals surface area contributed by atoms with Crippen molar-refractivity contribution < 1.29 is 19.4 Å². The fraction of sp³-hybridized carbons (Fsp3) is 0.0400. The first-order valence-electron chi connectivity index (χ1n) is 10.1. The maximum Gasteiger partial charge on any atom is 0.274 e. The van der Waals surface area contributed by atoms with Crippen molar-refractivity contribution >= 4 is 46.2 Å². The molecule has 1 heterocycles. The summed E-state index contributed by atoms with van der Waals surface area (Å²) >= 11 is 5.82. The number of hydrogen-bond donors (Lipinski definition) is 3. The van der Waals surface area contributed by atoms with Crippen LogP contribution in [0, 0.1) is 0 Å². The van der Waals surface area contributed by atoms with Gasteiger partial charge in [-0.3, -0.25) is 9.59 Å². The number of carbonyl (C=O) groups excluding carboxylic acids is 2. The molecule has 0 atom stereocenters. The number of para-hydroxylation sites is 1. The van der Waals surface area contributed by atoms with E-state index in [4.69, 9.17) is 16.3 Å². The van der Waals surface area contributed by atoms with Crippen LogP contribution < -0.4 is 15.5 Å². The van der Waals surface area contributed by atoms with E-state index in [0.717, 1.165) is 10.9 Å². The van der Waals surface area contributed by atoms with Crippen molar-refractivity contribution in [2.75, 3.05) is 12.4 Å². The number of phenolic OH excluding ortho intramolecular Hbond substituents is 1. The van der Waals surface area contributed by atoms with Crippen molar-refractivity contribution in [3.63, 3.8) is 0 Å². The monoisotopic (exact) mass is 474 g/mol. The minimum absolute atomic E-state index is 0.0647. The number of rotatable bonds is 6. The van der Waals surface area contributed by atoms with Crippen molar-refractivity contribution in [3.8, 4) is 11.5 Å². The summed E-state index contributed by atoms with van der Waals surface area (Å²) < 4.78 is 5.39. The highest BCUT2D eigenvalue weighted by Gasteiger charge is 2.11. The van der Waals surface area contributed by atoms with Gasteiger partial charge in [0.05, 0.1) is 23.9 Å².